The van der Waals surface area contributed by atoms with Crippen molar-refractivity contribution in [3.05, 3.63) is 30.1 Å². The van der Waals surface area contributed by atoms with Crippen LogP contribution in [0.25, 0.3) is 11.0 Å². The molecule has 1 amide bonds. The molecule has 5 rings (SSSR count). The molecule has 1 spiro atoms. The van der Waals surface area contributed by atoms with Gasteiger partial charge in [0.1, 0.15) is 5.65 Å². The van der Waals surface area contributed by atoms with E-state index in [4.69, 9.17) is 9.47 Å². The lowest BCUT2D eigenvalue weighted by molar-refractivity contribution is -0.188. The van der Waals surface area contributed by atoms with Crippen molar-refractivity contribution in [3.8, 4) is 0 Å². The van der Waals surface area contributed by atoms with E-state index in [9.17, 15) is 4.79 Å². The summed E-state index contributed by atoms with van der Waals surface area (Å²) in [6.45, 7) is 5.91. The van der Waals surface area contributed by atoms with Gasteiger partial charge in [0.2, 0.25) is 5.91 Å². The number of nitrogens with zero attached hydrogens (tertiary/aromatic N) is 3. The molecular formula is C22H30N4O3. The van der Waals surface area contributed by atoms with Gasteiger partial charge in [0.05, 0.1) is 13.2 Å². The summed E-state index contributed by atoms with van der Waals surface area (Å²) in [5.74, 6) is 0.0983. The maximum atomic E-state index is 13.0. The van der Waals surface area contributed by atoms with Crippen LogP contribution in [0.15, 0.2) is 24.5 Å². The first kappa shape index (κ1) is 19.0. The van der Waals surface area contributed by atoms with E-state index < -0.39 is 5.79 Å². The molecule has 0 atom stereocenters. The Kier molecular flexibility index (Phi) is 5.28. The molecule has 0 unspecified atom stereocenters. The molecule has 3 saturated heterocycles. The summed E-state index contributed by atoms with van der Waals surface area (Å²) in [7, 11) is 0. The molecule has 0 saturated carbocycles. The first-order valence-electron chi connectivity index (χ1n) is 10.9. The van der Waals surface area contributed by atoms with Gasteiger partial charge >= 0.3 is 0 Å². The number of carbonyl (C=O) groups excluding carboxylic acids is 1. The van der Waals surface area contributed by atoms with E-state index >= 15 is 0 Å². The number of aromatic nitrogens is 2. The molecule has 156 valence electrons. The number of hydrogen-bond donors (Lipinski definition) is 1. The largest absolute Gasteiger partial charge is 0.347 e. The average Bonchev–Trinajstić information content (AvgIpc) is 3.40. The van der Waals surface area contributed by atoms with Gasteiger partial charge in [0.25, 0.3) is 0 Å². The fourth-order valence-electron chi connectivity index (χ4n) is 5.01. The van der Waals surface area contributed by atoms with E-state index in [0.29, 0.717) is 19.1 Å². The normalized spacial score (nSPS) is 23.2. The van der Waals surface area contributed by atoms with Crippen molar-refractivity contribution in [2.75, 3.05) is 45.9 Å². The minimum atomic E-state index is -0.405. The van der Waals surface area contributed by atoms with E-state index in [1.165, 1.54) is 10.9 Å². The number of pyridine rings is 1. The number of hydrogen-bond acceptors (Lipinski definition) is 5. The Labute approximate surface area is 171 Å². The van der Waals surface area contributed by atoms with Crippen LogP contribution < -0.4 is 0 Å². The molecule has 0 bridgehead atoms. The molecule has 2 aromatic heterocycles. The van der Waals surface area contributed by atoms with E-state index in [-0.39, 0.29) is 5.92 Å². The second-order valence-electron chi connectivity index (χ2n) is 8.51. The Morgan fingerprint density at radius 2 is 1.93 bits per heavy atom. The Hall–Kier alpha value is -1.96. The minimum Gasteiger partial charge on any atom is -0.347 e. The smallest absolute Gasteiger partial charge is 0.225 e. The molecule has 3 aliphatic rings. The second kappa shape index (κ2) is 8.05. The van der Waals surface area contributed by atoms with E-state index in [0.717, 1.165) is 70.5 Å². The van der Waals surface area contributed by atoms with E-state index in [1.54, 1.807) is 0 Å². The predicted molar refractivity (Wildman–Crippen MR) is 109 cm³/mol. The van der Waals surface area contributed by atoms with Crippen LogP contribution in [0, 0.1) is 5.92 Å². The van der Waals surface area contributed by atoms with Gasteiger partial charge in [-0.15, -0.1) is 0 Å². The van der Waals surface area contributed by atoms with Gasteiger partial charge in [0, 0.05) is 56.2 Å². The molecule has 0 aromatic carbocycles. The number of likely N-dealkylation sites (tertiary alicyclic amines) is 2. The predicted octanol–water partition coefficient (Wildman–Crippen LogP) is 2.18. The molecule has 3 aliphatic heterocycles. The van der Waals surface area contributed by atoms with Crippen molar-refractivity contribution in [1.29, 1.82) is 0 Å². The number of nitrogens with one attached hydrogen (secondary N) is 1. The number of rotatable bonds is 4. The minimum absolute atomic E-state index is 0.169. The molecule has 29 heavy (non-hydrogen) atoms. The zero-order valence-corrected chi connectivity index (χ0v) is 16.9. The lowest BCUT2D eigenvalue weighted by atomic mass is 9.93. The first-order valence-corrected chi connectivity index (χ1v) is 10.9. The van der Waals surface area contributed by atoms with Crippen molar-refractivity contribution in [3.63, 3.8) is 0 Å². The lowest BCUT2D eigenvalue weighted by Crippen LogP contribution is -2.50. The summed E-state index contributed by atoms with van der Waals surface area (Å²) in [5.41, 5.74) is 2.29. The van der Waals surface area contributed by atoms with Gasteiger partial charge in [-0.2, -0.15) is 0 Å². The highest BCUT2D eigenvalue weighted by atomic mass is 16.7. The number of amides is 1. The van der Waals surface area contributed by atoms with Crippen LogP contribution in [0.3, 0.4) is 0 Å². The van der Waals surface area contributed by atoms with Gasteiger partial charge in [-0.3, -0.25) is 4.79 Å². The zero-order valence-electron chi connectivity index (χ0n) is 16.9. The quantitative estimate of drug-likeness (QED) is 0.855. The SMILES string of the molecule is O=C(C1CCN(CCc2c[nH]c3ncccc23)CC1)N1CCC2(CC1)OCCO2. The Morgan fingerprint density at radius 1 is 1.17 bits per heavy atom. The topological polar surface area (TPSA) is 70.7 Å². The molecular weight excluding hydrogens is 368 g/mol. The molecule has 1 N–H and O–H groups in total. The number of carbonyl (C=O) groups is 1. The Balaban J connectivity index is 1.09. The fraction of sp³-hybridized carbons (Fsp3) is 0.636. The maximum Gasteiger partial charge on any atom is 0.225 e. The average molecular weight is 399 g/mol. The fourth-order valence-corrected chi connectivity index (χ4v) is 5.01. The second-order valence-corrected chi connectivity index (χ2v) is 8.51. The molecule has 5 heterocycles. The van der Waals surface area contributed by atoms with Gasteiger partial charge in [0.15, 0.2) is 5.79 Å². The van der Waals surface area contributed by atoms with Crippen LogP contribution in [0.1, 0.15) is 31.2 Å². The van der Waals surface area contributed by atoms with Crippen LogP contribution in [0.4, 0.5) is 0 Å². The third kappa shape index (κ3) is 3.91. The standard InChI is InChI=1S/C22H30N4O3/c27-21(26-12-6-22(7-13-26)28-14-15-29-22)17-3-9-25(10-4-17)11-5-18-16-24-20-19(18)2-1-8-23-20/h1-2,8,16-17H,3-7,9-15H2,(H,23,24). The first-order chi connectivity index (χ1) is 14.2. The molecule has 3 fully saturated rings. The Morgan fingerprint density at radius 3 is 2.69 bits per heavy atom. The lowest BCUT2D eigenvalue weighted by Gasteiger charge is -2.40. The Bertz CT molecular complexity index is 843. The van der Waals surface area contributed by atoms with Crippen LogP contribution in [0.2, 0.25) is 0 Å². The van der Waals surface area contributed by atoms with Crippen LogP contribution in [0.5, 0.6) is 0 Å². The summed E-state index contributed by atoms with van der Waals surface area (Å²) in [6, 6.07) is 4.12. The van der Waals surface area contributed by atoms with Crippen molar-refractivity contribution in [2.45, 2.75) is 37.9 Å². The highest BCUT2D eigenvalue weighted by molar-refractivity contribution is 5.79. The highest BCUT2D eigenvalue weighted by Gasteiger charge is 2.41. The van der Waals surface area contributed by atoms with Crippen LogP contribution in [-0.2, 0) is 20.7 Å². The van der Waals surface area contributed by atoms with Crippen molar-refractivity contribution >= 4 is 16.9 Å². The van der Waals surface area contributed by atoms with Crippen molar-refractivity contribution in [2.24, 2.45) is 5.92 Å². The van der Waals surface area contributed by atoms with Gasteiger partial charge in [-0.25, -0.2) is 4.98 Å². The van der Waals surface area contributed by atoms with Gasteiger partial charge in [-0.05, 0) is 50.0 Å². The molecule has 0 aliphatic carbocycles. The van der Waals surface area contributed by atoms with Gasteiger partial charge < -0.3 is 24.3 Å². The van der Waals surface area contributed by atoms with Crippen LogP contribution in [-0.4, -0.2) is 77.4 Å². The van der Waals surface area contributed by atoms with E-state index in [1.807, 2.05) is 17.2 Å². The molecule has 2 aromatic rings. The van der Waals surface area contributed by atoms with Crippen molar-refractivity contribution < 1.29 is 14.3 Å². The summed E-state index contributed by atoms with van der Waals surface area (Å²) < 4.78 is 11.6. The number of piperidine rings is 2. The van der Waals surface area contributed by atoms with Gasteiger partial charge in [-0.1, -0.05) is 0 Å². The number of fused-ring (bicyclic) bond motifs is 1. The van der Waals surface area contributed by atoms with E-state index in [2.05, 4.69) is 27.1 Å². The third-order valence-electron chi connectivity index (χ3n) is 6.82. The number of ether oxygens (including phenoxy) is 2. The highest BCUT2D eigenvalue weighted by Crippen LogP contribution is 2.32. The summed E-state index contributed by atoms with van der Waals surface area (Å²) >= 11 is 0. The molecule has 7 nitrogen and oxygen atoms in total. The summed E-state index contributed by atoms with van der Waals surface area (Å²) in [4.78, 5) is 25.1. The zero-order chi connectivity index (χ0) is 19.7. The number of aromatic amines is 1. The third-order valence-corrected chi connectivity index (χ3v) is 6.82. The summed E-state index contributed by atoms with van der Waals surface area (Å²) in [6.07, 6.45) is 8.44. The van der Waals surface area contributed by atoms with Crippen LogP contribution >= 0.6 is 0 Å². The summed E-state index contributed by atoms with van der Waals surface area (Å²) in [5, 5.41) is 1.22. The number of H-pyrrole nitrogens is 1. The molecule has 0 radical (unpaired) electrons. The monoisotopic (exact) mass is 398 g/mol. The molecule has 7 heteroatoms. The van der Waals surface area contributed by atoms with Crippen molar-refractivity contribution in [1.82, 2.24) is 19.8 Å². The maximum absolute atomic E-state index is 13.0.